The van der Waals surface area contributed by atoms with Gasteiger partial charge in [0.1, 0.15) is 5.82 Å². The monoisotopic (exact) mass is 348 g/mol. The van der Waals surface area contributed by atoms with Crippen LogP contribution in [0.1, 0.15) is 10.4 Å². The Morgan fingerprint density at radius 2 is 1.88 bits per heavy atom. The standard InChI is InChI=1S/C16H17FN4O2S/c17-13-3-1-12(2-4-13)15(23)19-11-14(22)20-6-8-21(9-7-20)16-18-5-10-24-16/h1-5,10H,6-9,11H2,(H,19,23). The van der Waals surface area contributed by atoms with Crippen molar-refractivity contribution in [2.24, 2.45) is 0 Å². The summed E-state index contributed by atoms with van der Waals surface area (Å²) in [6.45, 7) is 2.60. The average molecular weight is 348 g/mol. The third kappa shape index (κ3) is 3.88. The molecule has 126 valence electrons. The molecule has 1 saturated heterocycles. The Balaban J connectivity index is 1.46. The largest absolute Gasteiger partial charge is 0.345 e. The van der Waals surface area contributed by atoms with Crippen LogP contribution in [0.4, 0.5) is 9.52 Å². The Bertz CT molecular complexity index is 697. The first-order chi connectivity index (χ1) is 11.6. The van der Waals surface area contributed by atoms with Crippen LogP contribution in [0.5, 0.6) is 0 Å². The number of hydrogen-bond donors (Lipinski definition) is 1. The molecule has 0 aliphatic carbocycles. The van der Waals surface area contributed by atoms with Gasteiger partial charge in [0.05, 0.1) is 6.54 Å². The topological polar surface area (TPSA) is 65.5 Å². The summed E-state index contributed by atoms with van der Waals surface area (Å²) >= 11 is 1.58. The van der Waals surface area contributed by atoms with E-state index in [2.05, 4.69) is 15.2 Å². The molecule has 0 radical (unpaired) electrons. The Labute approximate surface area is 142 Å². The second-order valence-corrected chi connectivity index (χ2v) is 6.25. The van der Waals surface area contributed by atoms with E-state index in [0.29, 0.717) is 18.7 Å². The van der Waals surface area contributed by atoms with Crippen molar-refractivity contribution in [3.05, 3.63) is 47.2 Å². The summed E-state index contributed by atoms with van der Waals surface area (Å²) < 4.78 is 12.8. The molecule has 1 aromatic heterocycles. The minimum absolute atomic E-state index is 0.0620. The van der Waals surface area contributed by atoms with Gasteiger partial charge in [-0.05, 0) is 24.3 Å². The van der Waals surface area contributed by atoms with Crippen molar-refractivity contribution in [1.82, 2.24) is 15.2 Å². The van der Waals surface area contributed by atoms with Crippen LogP contribution in [0.3, 0.4) is 0 Å². The number of amides is 2. The first kappa shape index (κ1) is 16.4. The molecule has 0 saturated carbocycles. The van der Waals surface area contributed by atoms with E-state index < -0.39 is 5.82 Å². The summed E-state index contributed by atoms with van der Waals surface area (Å²) in [6, 6.07) is 5.22. The molecule has 24 heavy (non-hydrogen) atoms. The van der Waals surface area contributed by atoms with E-state index in [9.17, 15) is 14.0 Å². The van der Waals surface area contributed by atoms with Crippen molar-refractivity contribution in [2.45, 2.75) is 0 Å². The molecule has 1 aliphatic heterocycles. The van der Waals surface area contributed by atoms with Gasteiger partial charge in [-0.1, -0.05) is 0 Å². The van der Waals surface area contributed by atoms with Crippen LogP contribution in [0.25, 0.3) is 0 Å². The lowest BCUT2D eigenvalue weighted by molar-refractivity contribution is -0.130. The number of hydrogen-bond acceptors (Lipinski definition) is 5. The van der Waals surface area contributed by atoms with Gasteiger partial charge in [-0.25, -0.2) is 9.37 Å². The second kappa shape index (κ2) is 7.39. The summed E-state index contributed by atoms with van der Waals surface area (Å²) in [5.41, 5.74) is 0.331. The van der Waals surface area contributed by atoms with Gasteiger partial charge in [0, 0.05) is 43.3 Å². The maximum Gasteiger partial charge on any atom is 0.251 e. The molecular formula is C16H17FN4O2S. The van der Waals surface area contributed by atoms with E-state index in [1.807, 2.05) is 5.38 Å². The fourth-order valence-corrected chi connectivity index (χ4v) is 3.19. The third-order valence-corrected chi connectivity index (χ3v) is 4.66. The molecule has 0 unspecified atom stereocenters. The van der Waals surface area contributed by atoms with Gasteiger partial charge >= 0.3 is 0 Å². The first-order valence-electron chi connectivity index (χ1n) is 7.59. The summed E-state index contributed by atoms with van der Waals surface area (Å²) in [5, 5.41) is 5.47. The van der Waals surface area contributed by atoms with Crippen molar-refractivity contribution in [2.75, 3.05) is 37.6 Å². The molecule has 2 aromatic rings. The lowest BCUT2D eigenvalue weighted by Crippen LogP contribution is -2.51. The van der Waals surface area contributed by atoms with Crippen LogP contribution in [-0.4, -0.2) is 54.4 Å². The zero-order chi connectivity index (χ0) is 16.9. The van der Waals surface area contributed by atoms with E-state index in [1.165, 1.54) is 24.3 Å². The van der Waals surface area contributed by atoms with Crippen molar-refractivity contribution in [3.8, 4) is 0 Å². The zero-order valence-electron chi connectivity index (χ0n) is 12.9. The molecule has 0 atom stereocenters. The minimum Gasteiger partial charge on any atom is -0.345 e. The fourth-order valence-electron chi connectivity index (χ4n) is 2.49. The highest BCUT2D eigenvalue weighted by molar-refractivity contribution is 7.13. The molecule has 1 aliphatic rings. The first-order valence-corrected chi connectivity index (χ1v) is 8.47. The van der Waals surface area contributed by atoms with Crippen LogP contribution >= 0.6 is 11.3 Å². The molecule has 1 fully saturated rings. The summed E-state index contributed by atoms with van der Waals surface area (Å²) in [7, 11) is 0. The summed E-state index contributed by atoms with van der Waals surface area (Å²) in [4.78, 5) is 32.3. The maximum atomic E-state index is 12.8. The normalized spacial score (nSPS) is 14.5. The van der Waals surface area contributed by atoms with Crippen molar-refractivity contribution < 1.29 is 14.0 Å². The minimum atomic E-state index is -0.402. The molecule has 8 heteroatoms. The number of nitrogens with zero attached hydrogens (tertiary/aromatic N) is 3. The van der Waals surface area contributed by atoms with Crippen molar-refractivity contribution in [1.29, 1.82) is 0 Å². The van der Waals surface area contributed by atoms with E-state index >= 15 is 0 Å². The lowest BCUT2D eigenvalue weighted by Gasteiger charge is -2.34. The summed E-state index contributed by atoms with van der Waals surface area (Å²) in [6.07, 6.45) is 1.77. The predicted octanol–water partition coefficient (Wildman–Crippen LogP) is 1.36. The number of aromatic nitrogens is 1. The number of thiazole rings is 1. The number of piperazine rings is 1. The number of benzene rings is 1. The predicted molar refractivity (Wildman–Crippen MR) is 89.6 cm³/mol. The molecule has 6 nitrogen and oxygen atoms in total. The highest BCUT2D eigenvalue weighted by Gasteiger charge is 2.22. The van der Waals surface area contributed by atoms with E-state index in [4.69, 9.17) is 0 Å². The van der Waals surface area contributed by atoms with Gasteiger partial charge in [-0.15, -0.1) is 11.3 Å². The Kier molecular flexibility index (Phi) is 5.05. The Morgan fingerprint density at radius 1 is 1.17 bits per heavy atom. The molecular weight excluding hydrogens is 331 g/mol. The van der Waals surface area contributed by atoms with Gasteiger partial charge in [0.25, 0.3) is 5.91 Å². The highest BCUT2D eigenvalue weighted by atomic mass is 32.1. The highest BCUT2D eigenvalue weighted by Crippen LogP contribution is 2.18. The zero-order valence-corrected chi connectivity index (χ0v) is 13.8. The van der Waals surface area contributed by atoms with Crippen molar-refractivity contribution >= 4 is 28.3 Å². The van der Waals surface area contributed by atoms with Gasteiger partial charge in [-0.2, -0.15) is 0 Å². The van der Waals surface area contributed by atoms with E-state index in [1.54, 1.807) is 22.4 Å². The van der Waals surface area contributed by atoms with E-state index in [0.717, 1.165) is 18.2 Å². The molecule has 2 amide bonds. The number of anilines is 1. The Hall–Kier alpha value is -2.48. The molecule has 3 rings (SSSR count). The van der Waals surface area contributed by atoms with Crippen LogP contribution in [0.2, 0.25) is 0 Å². The van der Waals surface area contributed by atoms with Gasteiger partial charge in [0.15, 0.2) is 5.13 Å². The smallest absolute Gasteiger partial charge is 0.251 e. The average Bonchev–Trinajstić information content (AvgIpc) is 3.15. The van der Waals surface area contributed by atoms with E-state index in [-0.39, 0.29) is 18.4 Å². The molecule has 2 heterocycles. The molecule has 0 bridgehead atoms. The fraction of sp³-hybridized carbons (Fsp3) is 0.312. The number of carbonyl (C=O) groups is 2. The third-order valence-electron chi connectivity index (χ3n) is 3.83. The van der Waals surface area contributed by atoms with Gasteiger partial charge < -0.3 is 15.1 Å². The maximum absolute atomic E-state index is 12.8. The second-order valence-electron chi connectivity index (χ2n) is 5.37. The number of halogens is 1. The van der Waals surface area contributed by atoms with Crippen LogP contribution in [-0.2, 0) is 4.79 Å². The number of rotatable bonds is 4. The lowest BCUT2D eigenvalue weighted by atomic mass is 10.2. The van der Waals surface area contributed by atoms with Gasteiger partial charge in [-0.3, -0.25) is 9.59 Å². The molecule has 1 aromatic carbocycles. The molecule has 0 spiro atoms. The Morgan fingerprint density at radius 3 is 2.50 bits per heavy atom. The van der Waals surface area contributed by atoms with Crippen molar-refractivity contribution in [3.63, 3.8) is 0 Å². The number of nitrogens with one attached hydrogen (secondary N) is 1. The van der Waals surface area contributed by atoms with Gasteiger partial charge in [0.2, 0.25) is 5.91 Å². The SMILES string of the molecule is O=C(NCC(=O)N1CCN(c2nccs2)CC1)c1ccc(F)cc1. The quantitative estimate of drug-likeness (QED) is 0.906. The number of carbonyl (C=O) groups excluding carboxylic acids is 2. The molecule has 1 N–H and O–H groups in total. The van der Waals surface area contributed by atoms with Crippen LogP contribution in [0, 0.1) is 5.82 Å². The summed E-state index contributed by atoms with van der Waals surface area (Å²) in [5.74, 6) is -0.908. The van der Waals surface area contributed by atoms with Crippen LogP contribution < -0.4 is 10.2 Å². The van der Waals surface area contributed by atoms with Crippen LogP contribution in [0.15, 0.2) is 35.8 Å².